The van der Waals surface area contributed by atoms with Crippen LogP contribution in [-0.4, -0.2) is 34.9 Å². The molecule has 0 spiro atoms. The molecule has 1 aromatic carbocycles. The third-order valence-corrected chi connectivity index (χ3v) is 4.30. The first-order valence-corrected chi connectivity index (χ1v) is 7.89. The van der Waals surface area contributed by atoms with Crippen LogP contribution in [0.15, 0.2) is 18.2 Å². The third-order valence-electron chi connectivity index (χ3n) is 3.35. The average Bonchev–Trinajstić information content (AvgIpc) is 2.77. The molecule has 1 aromatic rings. The summed E-state index contributed by atoms with van der Waals surface area (Å²) in [6, 6.07) is 6.02. The highest BCUT2D eigenvalue weighted by Gasteiger charge is 2.23. The number of rotatable bonds is 4. The summed E-state index contributed by atoms with van der Waals surface area (Å²) in [4.78, 5) is 25.2. The van der Waals surface area contributed by atoms with Crippen LogP contribution >= 0.6 is 11.8 Å². The molecule has 1 aliphatic heterocycles. The van der Waals surface area contributed by atoms with Gasteiger partial charge >= 0.3 is 0 Å². The molecule has 0 bridgehead atoms. The van der Waals surface area contributed by atoms with Gasteiger partial charge in [-0.1, -0.05) is 32.0 Å². The minimum atomic E-state index is -0.128. The average molecular weight is 292 g/mol. The van der Waals surface area contributed by atoms with E-state index in [0.29, 0.717) is 17.5 Å². The summed E-state index contributed by atoms with van der Waals surface area (Å²) in [5.41, 5.74) is 3.05. The second kappa shape index (κ2) is 6.31. The lowest BCUT2D eigenvalue weighted by molar-refractivity contribution is -0.130. The van der Waals surface area contributed by atoms with Crippen LogP contribution in [0.4, 0.5) is 5.69 Å². The first kappa shape index (κ1) is 14.9. The van der Waals surface area contributed by atoms with Gasteiger partial charge in [-0.3, -0.25) is 9.59 Å². The van der Waals surface area contributed by atoms with Crippen LogP contribution < -0.4 is 5.32 Å². The number of amides is 2. The molecule has 0 saturated carbocycles. The smallest absolute Gasteiger partial charge is 0.244 e. The maximum atomic E-state index is 12.1. The van der Waals surface area contributed by atoms with Crippen molar-refractivity contribution in [2.24, 2.45) is 0 Å². The van der Waals surface area contributed by atoms with E-state index in [2.05, 4.69) is 19.2 Å². The summed E-state index contributed by atoms with van der Waals surface area (Å²) >= 11 is 1.55. The Morgan fingerprint density at radius 3 is 2.80 bits per heavy atom. The number of benzene rings is 1. The van der Waals surface area contributed by atoms with Gasteiger partial charge in [0, 0.05) is 5.69 Å². The second-order valence-electron chi connectivity index (χ2n) is 5.31. The van der Waals surface area contributed by atoms with Crippen LogP contribution in [0.2, 0.25) is 0 Å². The zero-order valence-electron chi connectivity index (χ0n) is 12.1. The maximum Gasteiger partial charge on any atom is 0.244 e. The van der Waals surface area contributed by atoms with Gasteiger partial charge in [-0.2, -0.15) is 0 Å². The zero-order valence-corrected chi connectivity index (χ0v) is 12.9. The van der Waals surface area contributed by atoms with Gasteiger partial charge in [0.05, 0.1) is 11.6 Å². The summed E-state index contributed by atoms with van der Waals surface area (Å²) in [6.07, 6.45) is 0. The number of nitrogens with zero attached hydrogens (tertiary/aromatic N) is 1. The predicted molar refractivity (Wildman–Crippen MR) is 82.9 cm³/mol. The quantitative estimate of drug-likeness (QED) is 0.928. The molecule has 2 rings (SSSR count). The molecule has 0 aliphatic carbocycles. The Morgan fingerprint density at radius 1 is 1.45 bits per heavy atom. The number of thioether (sulfide) groups is 1. The summed E-state index contributed by atoms with van der Waals surface area (Å²) in [5, 5.41) is 2.97. The highest BCUT2D eigenvalue weighted by Crippen LogP contribution is 2.27. The van der Waals surface area contributed by atoms with Crippen molar-refractivity contribution in [2.75, 3.05) is 23.5 Å². The molecule has 0 atom stereocenters. The Bertz CT molecular complexity index is 529. The number of aryl methyl sites for hydroxylation is 1. The molecule has 0 unspecified atom stereocenters. The van der Waals surface area contributed by atoms with E-state index in [9.17, 15) is 9.59 Å². The highest BCUT2D eigenvalue weighted by molar-refractivity contribution is 8.00. The number of anilines is 1. The first-order valence-electron chi connectivity index (χ1n) is 6.74. The monoisotopic (exact) mass is 292 g/mol. The zero-order chi connectivity index (χ0) is 14.7. The Hall–Kier alpha value is -1.49. The highest BCUT2D eigenvalue weighted by atomic mass is 32.2. The Balaban J connectivity index is 2.09. The molecule has 108 valence electrons. The largest absolute Gasteiger partial charge is 0.324 e. The molecule has 4 nitrogen and oxygen atoms in total. The second-order valence-corrected chi connectivity index (χ2v) is 6.27. The van der Waals surface area contributed by atoms with E-state index >= 15 is 0 Å². The van der Waals surface area contributed by atoms with Crippen molar-refractivity contribution in [1.29, 1.82) is 0 Å². The van der Waals surface area contributed by atoms with E-state index in [1.54, 1.807) is 16.7 Å². The molecule has 0 aromatic heterocycles. The lowest BCUT2D eigenvalue weighted by Crippen LogP contribution is -2.34. The van der Waals surface area contributed by atoms with Crippen molar-refractivity contribution < 1.29 is 9.59 Å². The minimum Gasteiger partial charge on any atom is -0.324 e. The molecule has 5 heteroatoms. The fourth-order valence-corrected chi connectivity index (χ4v) is 3.14. The van der Waals surface area contributed by atoms with Crippen molar-refractivity contribution >= 4 is 29.3 Å². The topological polar surface area (TPSA) is 49.4 Å². The summed E-state index contributed by atoms with van der Waals surface area (Å²) in [7, 11) is 0. The fourth-order valence-electron chi connectivity index (χ4n) is 2.23. The predicted octanol–water partition coefficient (Wildman–Crippen LogP) is 2.59. The number of nitrogens with one attached hydrogen (secondary N) is 1. The fraction of sp³-hybridized carbons (Fsp3) is 0.467. The summed E-state index contributed by atoms with van der Waals surface area (Å²) in [6.45, 7) is 6.33. The minimum absolute atomic E-state index is 0.0408. The van der Waals surface area contributed by atoms with E-state index in [4.69, 9.17) is 0 Å². The van der Waals surface area contributed by atoms with Crippen LogP contribution in [0.3, 0.4) is 0 Å². The summed E-state index contributed by atoms with van der Waals surface area (Å²) in [5.74, 6) is 1.34. The number of carbonyl (C=O) groups excluding carboxylic acids is 2. The molecule has 1 saturated heterocycles. The van der Waals surface area contributed by atoms with Crippen LogP contribution in [-0.2, 0) is 9.59 Å². The number of hydrogen-bond acceptors (Lipinski definition) is 3. The Kier molecular flexibility index (Phi) is 4.70. The molecule has 1 fully saturated rings. The number of para-hydroxylation sites is 1. The van der Waals surface area contributed by atoms with Gasteiger partial charge in [0.25, 0.3) is 0 Å². The molecular formula is C15H20N2O2S. The van der Waals surface area contributed by atoms with Crippen molar-refractivity contribution in [3.05, 3.63) is 29.3 Å². The van der Waals surface area contributed by atoms with Crippen LogP contribution in [0, 0.1) is 6.92 Å². The lowest BCUT2D eigenvalue weighted by atomic mass is 9.98. The van der Waals surface area contributed by atoms with Gasteiger partial charge in [0.1, 0.15) is 6.54 Å². The van der Waals surface area contributed by atoms with E-state index in [-0.39, 0.29) is 18.4 Å². The van der Waals surface area contributed by atoms with Crippen LogP contribution in [0.25, 0.3) is 0 Å². The molecule has 1 aliphatic rings. The first-order chi connectivity index (χ1) is 9.49. The van der Waals surface area contributed by atoms with E-state index in [1.165, 1.54) is 0 Å². The van der Waals surface area contributed by atoms with Gasteiger partial charge in [-0.25, -0.2) is 0 Å². The molecule has 1 heterocycles. The van der Waals surface area contributed by atoms with Crippen molar-refractivity contribution in [1.82, 2.24) is 4.90 Å². The third kappa shape index (κ3) is 3.33. The molecule has 1 N–H and O–H groups in total. The molecule has 2 amide bonds. The van der Waals surface area contributed by atoms with E-state index in [1.807, 2.05) is 25.1 Å². The molecular weight excluding hydrogens is 272 g/mol. The SMILES string of the molecule is Cc1cccc(C(C)C)c1NC(=O)CN1CSCC1=O. The van der Waals surface area contributed by atoms with E-state index < -0.39 is 0 Å². The van der Waals surface area contributed by atoms with E-state index in [0.717, 1.165) is 16.8 Å². The molecule has 0 radical (unpaired) electrons. The van der Waals surface area contributed by atoms with Crippen molar-refractivity contribution in [2.45, 2.75) is 26.7 Å². The molecule has 20 heavy (non-hydrogen) atoms. The maximum absolute atomic E-state index is 12.1. The normalized spacial score (nSPS) is 15.0. The van der Waals surface area contributed by atoms with Gasteiger partial charge < -0.3 is 10.2 Å². The van der Waals surface area contributed by atoms with Crippen LogP contribution in [0.1, 0.15) is 30.9 Å². The number of hydrogen-bond donors (Lipinski definition) is 1. The van der Waals surface area contributed by atoms with Gasteiger partial charge in [0.15, 0.2) is 0 Å². The van der Waals surface area contributed by atoms with Gasteiger partial charge in [-0.15, -0.1) is 11.8 Å². The Morgan fingerprint density at radius 2 is 2.20 bits per heavy atom. The van der Waals surface area contributed by atoms with Gasteiger partial charge in [0.2, 0.25) is 11.8 Å². The lowest BCUT2D eigenvalue weighted by Gasteiger charge is -2.18. The summed E-state index contributed by atoms with van der Waals surface area (Å²) < 4.78 is 0. The van der Waals surface area contributed by atoms with Crippen molar-refractivity contribution in [3.8, 4) is 0 Å². The Labute approximate surface area is 123 Å². The standard InChI is InChI=1S/C15H20N2O2S/c1-10(2)12-6-4-5-11(3)15(12)16-13(18)7-17-9-20-8-14(17)19/h4-6,10H,7-9H2,1-3H3,(H,16,18). The van der Waals surface area contributed by atoms with Gasteiger partial charge in [-0.05, 0) is 24.0 Å². The van der Waals surface area contributed by atoms with Crippen molar-refractivity contribution in [3.63, 3.8) is 0 Å². The van der Waals surface area contributed by atoms with Crippen LogP contribution in [0.5, 0.6) is 0 Å². The number of carbonyl (C=O) groups is 2.